The Bertz CT molecular complexity index is 957. The summed E-state index contributed by atoms with van der Waals surface area (Å²) in [6.45, 7) is 7.04. The fraction of sp³-hybridized carbons (Fsp3) is 0.550. The molecule has 7 nitrogen and oxygen atoms in total. The molecule has 0 unspecified atom stereocenters. The van der Waals surface area contributed by atoms with Gasteiger partial charge in [0.05, 0.1) is 17.7 Å². The molecule has 0 bridgehead atoms. The lowest BCUT2D eigenvalue weighted by molar-refractivity contribution is -0.143. The van der Waals surface area contributed by atoms with Gasteiger partial charge in [-0.1, -0.05) is 5.16 Å². The maximum atomic E-state index is 13.1. The van der Waals surface area contributed by atoms with E-state index in [9.17, 15) is 31.1 Å². The van der Waals surface area contributed by atoms with Crippen molar-refractivity contribution in [3.63, 3.8) is 0 Å². The molecule has 33 heavy (non-hydrogen) atoms. The van der Waals surface area contributed by atoms with Crippen LogP contribution in [-0.2, 0) is 23.6 Å². The SMILES string of the molecule is CC(C)(C)OC(=O)N1CCN(Cc2nc(-c3cc(C(F)(F)F)cc(C(F)(F)F)c3)no2)CC1. The van der Waals surface area contributed by atoms with Gasteiger partial charge in [0.15, 0.2) is 0 Å². The van der Waals surface area contributed by atoms with Crippen LogP contribution in [0.15, 0.2) is 22.7 Å². The Balaban J connectivity index is 1.69. The van der Waals surface area contributed by atoms with Crippen LogP contribution in [0.3, 0.4) is 0 Å². The number of benzene rings is 1. The highest BCUT2D eigenvalue weighted by molar-refractivity contribution is 5.68. The van der Waals surface area contributed by atoms with Gasteiger partial charge in [0.1, 0.15) is 5.60 Å². The zero-order chi connectivity index (χ0) is 24.6. The zero-order valence-electron chi connectivity index (χ0n) is 18.0. The van der Waals surface area contributed by atoms with Crippen LogP contribution in [-0.4, -0.2) is 57.8 Å². The van der Waals surface area contributed by atoms with Gasteiger partial charge in [0, 0.05) is 31.7 Å². The fourth-order valence-corrected chi connectivity index (χ4v) is 3.13. The van der Waals surface area contributed by atoms with Gasteiger partial charge in [-0.25, -0.2) is 4.79 Å². The summed E-state index contributed by atoms with van der Waals surface area (Å²) in [6.07, 6.45) is -10.4. The molecule has 1 aromatic carbocycles. The minimum absolute atomic E-state index is 0.0293. The Morgan fingerprint density at radius 1 is 0.970 bits per heavy atom. The molecule has 0 saturated carbocycles. The number of aromatic nitrogens is 2. The molecule has 1 aliphatic heterocycles. The van der Waals surface area contributed by atoms with Crippen molar-refractivity contribution in [2.24, 2.45) is 0 Å². The van der Waals surface area contributed by atoms with Gasteiger partial charge in [-0.3, -0.25) is 4.90 Å². The van der Waals surface area contributed by atoms with E-state index in [2.05, 4.69) is 10.1 Å². The number of alkyl halides is 6. The predicted molar refractivity (Wildman–Crippen MR) is 103 cm³/mol. The minimum atomic E-state index is -4.98. The van der Waals surface area contributed by atoms with Gasteiger partial charge in [0.2, 0.25) is 11.7 Å². The fourth-order valence-electron chi connectivity index (χ4n) is 3.13. The standard InChI is InChI=1S/C20H22F6N4O3/c1-18(2,3)32-17(31)30-6-4-29(5-7-30)11-15-27-16(28-33-15)12-8-13(19(21,22)23)10-14(9-12)20(24,25)26/h8-10H,4-7,11H2,1-3H3. The highest BCUT2D eigenvalue weighted by atomic mass is 19.4. The molecule has 1 aliphatic rings. The molecule has 1 saturated heterocycles. The number of nitrogens with zero attached hydrogens (tertiary/aromatic N) is 4. The Labute approximate surface area is 185 Å². The van der Waals surface area contributed by atoms with E-state index < -0.39 is 40.7 Å². The first kappa shape index (κ1) is 24.8. The largest absolute Gasteiger partial charge is 0.444 e. The van der Waals surface area contributed by atoms with Crippen LogP contribution in [0.5, 0.6) is 0 Å². The smallest absolute Gasteiger partial charge is 0.416 e. The Morgan fingerprint density at radius 2 is 1.52 bits per heavy atom. The van der Waals surface area contributed by atoms with Crippen molar-refractivity contribution in [2.45, 2.75) is 45.3 Å². The first-order valence-corrected chi connectivity index (χ1v) is 9.94. The Hall–Kier alpha value is -2.83. The second-order valence-corrected chi connectivity index (χ2v) is 8.55. The molecule has 1 amide bonds. The number of hydrogen-bond acceptors (Lipinski definition) is 6. The zero-order valence-corrected chi connectivity index (χ0v) is 18.0. The van der Waals surface area contributed by atoms with E-state index in [1.54, 1.807) is 25.7 Å². The van der Waals surface area contributed by atoms with Crippen molar-refractivity contribution in [1.29, 1.82) is 0 Å². The summed E-state index contributed by atoms with van der Waals surface area (Å²) in [5, 5.41) is 3.55. The molecule has 13 heteroatoms. The third-order valence-corrected chi connectivity index (χ3v) is 4.70. The highest BCUT2D eigenvalue weighted by Gasteiger charge is 2.37. The van der Waals surface area contributed by atoms with E-state index in [-0.39, 0.29) is 24.3 Å². The van der Waals surface area contributed by atoms with E-state index >= 15 is 0 Å². The van der Waals surface area contributed by atoms with Gasteiger partial charge in [-0.15, -0.1) is 0 Å². The van der Waals surface area contributed by atoms with Crippen molar-refractivity contribution in [2.75, 3.05) is 26.2 Å². The number of amides is 1. The number of hydrogen-bond donors (Lipinski definition) is 0. The third kappa shape index (κ3) is 6.59. The van der Waals surface area contributed by atoms with Crippen molar-refractivity contribution < 1.29 is 40.4 Å². The second-order valence-electron chi connectivity index (χ2n) is 8.55. The molecule has 2 aromatic rings. The first-order valence-electron chi connectivity index (χ1n) is 9.94. The van der Waals surface area contributed by atoms with Crippen molar-refractivity contribution in [3.05, 3.63) is 35.2 Å². The van der Waals surface area contributed by atoms with Gasteiger partial charge in [-0.05, 0) is 39.0 Å². The quantitative estimate of drug-likeness (QED) is 0.587. The molecule has 1 fully saturated rings. The van der Waals surface area contributed by atoms with Crippen LogP contribution >= 0.6 is 0 Å². The molecule has 0 spiro atoms. The number of piperazine rings is 1. The van der Waals surface area contributed by atoms with E-state index in [0.717, 1.165) is 0 Å². The lowest BCUT2D eigenvalue weighted by atomic mass is 10.0. The summed E-state index contributed by atoms with van der Waals surface area (Å²) in [5.74, 6) is -0.351. The number of ether oxygens (including phenoxy) is 1. The molecule has 0 atom stereocenters. The number of carbonyl (C=O) groups is 1. The normalized spacial score (nSPS) is 16.2. The molecular weight excluding hydrogens is 458 g/mol. The molecule has 0 aliphatic carbocycles. The highest BCUT2D eigenvalue weighted by Crippen LogP contribution is 2.38. The Kier molecular flexibility index (Phi) is 6.65. The Morgan fingerprint density at radius 3 is 2.00 bits per heavy atom. The molecule has 0 N–H and O–H groups in total. The van der Waals surface area contributed by atoms with Crippen LogP contribution in [0.2, 0.25) is 0 Å². The molecule has 0 radical (unpaired) electrons. The van der Waals surface area contributed by atoms with Gasteiger partial charge < -0.3 is 14.2 Å². The minimum Gasteiger partial charge on any atom is -0.444 e. The van der Waals surface area contributed by atoms with Gasteiger partial charge >= 0.3 is 18.4 Å². The van der Waals surface area contributed by atoms with Crippen LogP contribution in [0.4, 0.5) is 31.1 Å². The second kappa shape index (κ2) is 8.84. The summed E-state index contributed by atoms with van der Waals surface area (Å²) >= 11 is 0. The molecule has 2 heterocycles. The maximum absolute atomic E-state index is 13.1. The molecule has 3 rings (SSSR count). The van der Waals surface area contributed by atoms with Crippen LogP contribution in [0, 0.1) is 0 Å². The van der Waals surface area contributed by atoms with E-state index in [1.807, 2.05) is 4.90 Å². The summed E-state index contributed by atoms with van der Waals surface area (Å²) in [4.78, 5) is 19.5. The maximum Gasteiger partial charge on any atom is 0.416 e. The number of rotatable bonds is 3. The van der Waals surface area contributed by atoms with Gasteiger partial charge in [0.25, 0.3) is 0 Å². The van der Waals surface area contributed by atoms with Crippen molar-refractivity contribution in [3.8, 4) is 11.4 Å². The summed E-state index contributed by atoms with van der Waals surface area (Å²) in [7, 11) is 0. The summed E-state index contributed by atoms with van der Waals surface area (Å²) < 4.78 is 88.8. The lowest BCUT2D eigenvalue weighted by Crippen LogP contribution is -2.49. The van der Waals surface area contributed by atoms with Crippen LogP contribution < -0.4 is 0 Å². The lowest BCUT2D eigenvalue weighted by Gasteiger charge is -2.34. The molecule has 1 aromatic heterocycles. The van der Waals surface area contributed by atoms with Crippen LogP contribution in [0.25, 0.3) is 11.4 Å². The molecular formula is C20H22F6N4O3. The predicted octanol–water partition coefficient (Wildman–Crippen LogP) is 4.83. The average molecular weight is 480 g/mol. The monoisotopic (exact) mass is 480 g/mol. The van der Waals surface area contributed by atoms with Crippen molar-refractivity contribution in [1.82, 2.24) is 19.9 Å². The average Bonchev–Trinajstić information content (AvgIpc) is 3.14. The van der Waals surface area contributed by atoms with E-state index in [4.69, 9.17) is 9.26 Å². The molecule has 182 valence electrons. The summed E-state index contributed by atoms with van der Waals surface area (Å²) in [6, 6.07) is 1.13. The topological polar surface area (TPSA) is 71.7 Å². The van der Waals surface area contributed by atoms with Crippen LogP contribution in [0.1, 0.15) is 37.8 Å². The third-order valence-electron chi connectivity index (χ3n) is 4.70. The van der Waals surface area contributed by atoms with E-state index in [0.29, 0.717) is 38.3 Å². The summed E-state index contributed by atoms with van der Waals surface area (Å²) in [5.41, 5.74) is -4.00. The number of halogens is 6. The van der Waals surface area contributed by atoms with Gasteiger partial charge in [-0.2, -0.15) is 31.3 Å². The van der Waals surface area contributed by atoms with Crippen molar-refractivity contribution >= 4 is 6.09 Å². The first-order chi connectivity index (χ1) is 15.1. The van der Waals surface area contributed by atoms with E-state index in [1.165, 1.54) is 0 Å². The number of carbonyl (C=O) groups excluding carboxylic acids is 1.